The lowest BCUT2D eigenvalue weighted by atomic mass is 9.87. The van der Waals surface area contributed by atoms with Crippen molar-refractivity contribution in [1.82, 2.24) is 9.80 Å². The molecule has 1 aliphatic heterocycles. The van der Waals surface area contributed by atoms with Crippen LogP contribution in [-0.4, -0.2) is 60.3 Å². The van der Waals surface area contributed by atoms with Gasteiger partial charge in [0.15, 0.2) is 0 Å². The van der Waals surface area contributed by atoms with Gasteiger partial charge in [0.25, 0.3) is 0 Å². The summed E-state index contributed by atoms with van der Waals surface area (Å²) in [6, 6.07) is 0. The van der Waals surface area contributed by atoms with Gasteiger partial charge in [-0.25, -0.2) is 0 Å². The van der Waals surface area contributed by atoms with Gasteiger partial charge in [0.2, 0.25) is 0 Å². The van der Waals surface area contributed by atoms with Crippen LogP contribution in [0.15, 0.2) is 0 Å². The monoisotopic (exact) mass is 266 g/mol. The maximum atomic E-state index is 10.4. The second-order valence-electron chi connectivity index (χ2n) is 7.78. The van der Waals surface area contributed by atoms with Crippen molar-refractivity contribution < 1.29 is 5.11 Å². The lowest BCUT2D eigenvalue weighted by Crippen LogP contribution is -2.49. The van der Waals surface area contributed by atoms with Crippen LogP contribution in [0.2, 0.25) is 0 Å². The molecule has 0 amide bonds. The van der Waals surface area contributed by atoms with Crippen LogP contribution in [0.1, 0.15) is 39.5 Å². The smallest absolute Gasteiger partial charge is 0.0631 e. The second-order valence-corrected chi connectivity index (χ2v) is 7.78. The highest BCUT2D eigenvalue weighted by Crippen LogP contribution is 2.41. The molecule has 110 valence electrons. The third-order valence-electron chi connectivity index (χ3n) is 5.58. The molecule has 0 spiro atoms. The summed E-state index contributed by atoms with van der Waals surface area (Å²) in [7, 11) is 0. The fourth-order valence-electron chi connectivity index (χ4n) is 3.84. The molecule has 1 saturated heterocycles. The largest absolute Gasteiger partial charge is 0.392 e. The van der Waals surface area contributed by atoms with Gasteiger partial charge in [-0.3, -0.25) is 0 Å². The fourth-order valence-corrected chi connectivity index (χ4v) is 3.84. The number of aliphatic hydroxyl groups excluding tert-OH is 1. The highest BCUT2D eigenvalue weighted by atomic mass is 16.3. The first-order valence-electron chi connectivity index (χ1n) is 8.17. The third-order valence-corrected chi connectivity index (χ3v) is 5.58. The van der Waals surface area contributed by atoms with Gasteiger partial charge in [-0.1, -0.05) is 13.8 Å². The molecule has 0 aromatic carbocycles. The van der Waals surface area contributed by atoms with E-state index in [0.29, 0.717) is 5.92 Å². The van der Waals surface area contributed by atoms with E-state index in [4.69, 9.17) is 0 Å². The molecular formula is C16H30N2O. The average Bonchev–Trinajstić information content (AvgIpc) is 3.15. The van der Waals surface area contributed by atoms with Gasteiger partial charge in [0.1, 0.15) is 0 Å². The van der Waals surface area contributed by atoms with Crippen molar-refractivity contribution in [3.8, 4) is 0 Å². The summed E-state index contributed by atoms with van der Waals surface area (Å²) in [5.74, 6) is 1.52. The highest BCUT2D eigenvalue weighted by Gasteiger charge is 2.41. The molecule has 2 unspecified atom stereocenters. The number of aliphatic hydroxyl groups is 1. The van der Waals surface area contributed by atoms with Crippen molar-refractivity contribution in [1.29, 1.82) is 0 Å². The van der Waals surface area contributed by atoms with Gasteiger partial charge in [-0.05, 0) is 42.9 Å². The van der Waals surface area contributed by atoms with E-state index in [0.717, 1.165) is 12.5 Å². The summed E-state index contributed by atoms with van der Waals surface area (Å²) in [5.41, 5.74) is 0.137. The van der Waals surface area contributed by atoms with Crippen molar-refractivity contribution in [2.24, 2.45) is 17.3 Å². The zero-order valence-corrected chi connectivity index (χ0v) is 12.6. The van der Waals surface area contributed by atoms with E-state index in [1.54, 1.807) is 0 Å². The molecule has 19 heavy (non-hydrogen) atoms. The first-order valence-corrected chi connectivity index (χ1v) is 8.17. The van der Waals surface area contributed by atoms with Crippen LogP contribution >= 0.6 is 0 Å². The third kappa shape index (κ3) is 3.32. The zero-order valence-electron chi connectivity index (χ0n) is 12.6. The Hall–Kier alpha value is -0.120. The second kappa shape index (κ2) is 5.34. The van der Waals surface area contributed by atoms with Crippen LogP contribution in [0.4, 0.5) is 0 Å². The number of hydrogen-bond acceptors (Lipinski definition) is 3. The number of nitrogens with zero attached hydrogens (tertiary/aromatic N) is 2. The van der Waals surface area contributed by atoms with Crippen LogP contribution in [-0.2, 0) is 0 Å². The van der Waals surface area contributed by atoms with Crippen LogP contribution in [0.5, 0.6) is 0 Å². The van der Waals surface area contributed by atoms with Crippen LogP contribution in [0.3, 0.4) is 0 Å². The van der Waals surface area contributed by atoms with E-state index in [9.17, 15) is 5.11 Å². The Morgan fingerprint density at radius 1 is 0.947 bits per heavy atom. The molecule has 0 aromatic rings. The maximum absolute atomic E-state index is 10.4. The standard InChI is InChI=1S/C16H30N2O/c1-16(2)6-5-14(15(16)19)12-18-9-7-17(8-10-18)11-13-3-4-13/h13-15,19H,3-12H2,1-2H3. The Morgan fingerprint density at radius 3 is 2.00 bits per heavy atom. The van der Waals surface area contributed by atoms with E-state index < -0.39 is 0 Å². The lowest BCUT2D eigenvalue weighted by Gasteiger charge is -2.37. The summed E-state index contributed by atoms with van der Waals surface area (Å²) in [6.45, 7) is 11.8. The minimum atomic E-state index is -0.100. The maximum Gasteiger partial charge on any atom is 0.0631 e. The summed E-state index contributed by atoms with van der Waals surface area (Å²) in [5, 5.41) is 10.4. The number of rotatable bonds is 4. The predicted octanol–water partition coefficient (Wildman–Crippen LogP) is 1.81. The molecule has 2 atom stereocenters. The van der Waals surface area contributed by atoms with E-state index in [1.807, 2.05) is 0 Å². The zero-order chi connectivity index (χ0) is 13.5. The normalized spacial score (nSPS) is 36.8. The summed E-state index contributed by atoms with van der Waals surface area (Å²) in [4.78, 5) is 5.22. The molecule has 3 heteroatoms. The van der Waals surface area contributed by atoms with E-state index >= 15 is 0 Å². The van der Waals surface area contributed by atoms with Crippen molar-refractivity contribution in [2.75, 3.05) is 39.3 Å². The molecule has 2 saturated carbocycles. The minimum Gasteiger partial charge on any atom is -0.392 e. The fraction of sp³-hybridized carbons (Fsp3) is 1.00. The van der Waals surface area contributed by atoms with Gasteiger partial charge in [0.05, 0.1) is 6.10 Å². The molecule has 0 aromatic heterocycles. The molecule has 2 aliphatic carbocycles. The molecule has 3 rings (SSSR count). The van der Waals surface area contributed by atoms with E-state index in [-0.39, 0.29) is 11.5 Å². The molecule has 3 fully saturated rings. The van der Waals surface area contributed by atoms with Gasteiger partial charge >= 0.3 is 0 Å². The molecule has 0 radical (unpaired) electrons. The average molecular weight is 266 g/mol. The van der Waals surface area contributed by atoms with Gasteiger partial charge in [0, 0.05) is 39.3 Å². The SMILES string of the molecule is CC1(C)CCC(CN2CCN(CC3CC3)CC2)C1O. The quantitative estimate of drug-likeness (QED) is 0.841. The van der Waals surface area contributed by atoms with Crippen molar-refractivity contribution in [3.63, 3.8) is 0 Å². The van der Waals surface area contributed by atoms with Gasteiger partial charge in [-0.2, -0.15) is 0 Å². The van der Waals surface area contributed by atoms with E-state index in [2.05, 4.69) is 23.6 Å². The Labute approximate surface area is 118 Å². The van der Waals surface area contributed by atoms with Crippen molar-refractivity contribution in [2.45, 2.75) is 45.6 Å². The molecule has 3 nitrogen and oxygen atoms in total. The van der Waals surface area contributed by atoms with Crippen LogP contribution < -0.4 is 0 Å². The Kier molecular flexibility index (Phi) is 3.89. The first-order chi connectivity index (χ1) is 9.04. The Morgan fingerprint density at radius 2 is 1.53 bits per heavy atom. The van der Waals surface area contributed by atoms with Gasteiger partial charge < -0.3 is 14.9 Å². The Balaban J connectivity index is 1.42. The van der Waals surface area contributed by atoms with Crippen LogP contribution in [0, 0.1) is 17.3 Å². The molecule has 1 N–H and O–H groups in total. The molecular weight excluding hydrogens is 236 g/mol. The molecule has 1 heterocycles. The topological polar surface area (TPSA) is 26.7 Å². The Bertz CT molecular complexity index is 306. The van der Waals surface area contributed by atoms with Crippen molar-refractivity contribution in [3.05, 3.63) is 0 Å². The lowest BCUT2D eigenvalue weighted by molar-refractivity contribution is 0.0242. The predicted molar refractivity (Wildman–Crippen MR) is 78.1 cm³/mol. The summed E-state index contributed by atoms with van der Waals surface area (Å²) >= 11 is 0. The van der Waals surface area contributed by atoms with Gasteiger partial charge in [-0.15, -0.1) is 0 Å². The number of piperazine rings is 1. The first kappa shape index (κ1) is 13.8. The molecule has 3 aliphatic rings. The van der Waals surface area contributed by atoms with Crippen molar-refractivity contribution >= 4 is 0 Å². The minimum absolute atomic E-state index is 0.100. The summed E-state index contributed by atoms with van der Waals surface area (Å²) in [6.07, 6.45) is 5.21. The van der Waals surface area contributed by atoms with Crippen LogP contribution in [0.25, 0.3) is 0 Å². The number of hydrogen-bond donors (Lipinski definition) is 1. The van der Waals surface area contributed by atoms with E-state index in [1.165, 1.54) is 58.4 Å². The summed E-state index contributed by atoms with van der Waals surface area (Å²) < 4.78 is 0. The highest BCUT2D eigenvalue weighted by molar-refractivity contribution is 4.92. The molecule has 0 bridgehead atoms.